The summed E-state index contributed by atoms with van der Waals surface area (Å²) < 4.78 is 5.17. The number of aliphatic hydroxyl groups is 1. The van der Waals surface area contributed by atoms with Crippen LogP contribution < -0.4 is 10.2 Å². The van der Waals surface area contributed by atoms with Crippen molar-refractivity contribution in [3.8, 4) is 0 Å². The Kier molecular flexibility index (Phi) is 4.45. The molecule has 0 spiro atoms. The first-order valence-electron chi connectivity index (χ1n) is 6.96. The first-order chi connectivity index (χ1) is 9.40. The third-order valence-corrected chi connectivity index (χ3v) is 3.25. The predicted molar refractivity (Wildman–Crippen MR) is 79.3 cm³/mol. The summed E-state index contributed by atoms with van der Waals surface area (Å²) >= 11 is 0. The second kappa shape index (κ2) is 5.93. The lowest BCUT2D eigenvalue weighted by Crippen LogP contribution is -2.40. The van der Waals surface area contributed by atoms with Crippen LogP contribution in [0.3, 0.4) is 0 Å². The molecule has 1 fully saturated rings. The summed E-state index contributed by atoms with van der Waals surface area (Å²) in [5.41, 5.74) is 0.930. The lowest BCUT2D eigenvalue weighted by Gasteiger charge is -2.29. The fourth-order valence-corrected chi connectivity index (χ4v) is 1.84. The number of anilines is 2. The summed E-state index contributed by atoms with van der Waals surface area (Å²) in [6.07, 6.45) is 0. The van der Waals surface area contributed by atoms with Gasteiger partial charge in [0.25, 0.3) is 0 Å². The molecule has 0 aliphatic carbocycles. The van der Waals surface area contributed by atoms with E-state index in [-0.39, 0.29) is 12.0 Å². The molecule has 112 valence electrons. The molecule has 1 aliphatic rings. The lowest BCUT2D eigenvalue weighted by molar-refractivity contribution is 0.0209. The number of hydrogen-bond donors (Lipinski definition) is 2. The van der Waals surface area contributed by atoms with Gasteiger partial charge in [0.2, 0.25) is 5.95 Å². The normalized spacial score (nSPS) is 15.8. The fourth-order valence-electron chi connectivity index (χ4n) is 1.84. The van der Waals surface area contributed by atoms with Crippen molar-refractivity contribution in [2.24, 2.45) is 0 Å². The molecule has 0 saturated carbocycles. The summed E-state index contributed by atoms with van der Waals surface area (Å²) in [6.45, 7) is 8.41. The molecule has 0 aromatic carbocycles. The van der Waals surface area contributed by atoms with Gasteiger partial charge in [-0.3, -0.25) is 0 Å². The van der Waals surface area contributed by atoms with E-state index in [0.29, 0.717) is 18.5 Å². The Balaban J connectivity index is 2.27. The predicted octanol–water partition coefficient (Wildman–Crippen LogP) is 1.01. The highest BCUT2D eigenvalue weighted by Gasteiger charge is 2.22. The van der Waals surface area contributed by atoms with Gasteiger partial charge in [-0.15, -0.1) is 0 Å². The molecule has 0 unspecified atom stereocenters. The zero-order chi connectivity index (χ0) is 14.8. The van der Waals surface area contributed by atoms with Gasteiger partial charge in [-0.25, -0.2) is 4.98 Å². The van der Waals surface area contributed by atoms with Crippen molar-refractivity contribution in [2.75, 3.05) is 43.6 Å². The minimum absolute atomic E-state index is 0.0513. The highest BCUT2D eigenvalue weighted by atomic mass is 16.5. The monoisotopic (exact) mass is 280 g/mol. The molecule has 1 aliphatic heterocycles. The van der Waals surface area contributed by atoms with Crippen LogP contribution in [0.4, 0.5) is 11.8 Å². The molecular formula is C14H24N4O2. The average Bonchev–Trinajstić information content (AvgIpc) is 2.33. The number of aliphatic hydroxyl groups excluding tert-OH is 1. The molecule has 2 rings (SSSR count). The van der Waals surface area contributed by atoms with Crippen molar-refractivity contribution < 1.29 is 9.84 Å². The smallest absolute Gasteiger partial charge is 0.227 e. The van der Waals surface area contributed by atoms with Crippen LogP contribution in [0.5, 0.6) is 0 Å². The molecule has 1 aromatic heterocycles. The second-order valence-electron chi connectivity index (χ2n) is 6.21. The number of rotatable bonds is 5. The summed E-state index contributed by atoms with van der Waals surface area (Å²) in [4.78, 5) is 11.0. The molecule has 6 nitrogen and oxygen atoms in total. The van der Waals surface area contributed by atoms with Gasteiger partial charge in [0.1, 0.15) is 5.82 Å². The number of ether oxygens (including phenoxy) is 1. The topological polar surface area (TPSA) is 70.5 Å². The van der Waals surface area contributed by atoms with Crippen LogP contribution in [0, 0.1) is 0 Å². The van der Waals surface area contributed by atoms with Gasteiger partial charge in [0, 0.05) is 25.1 Å². The minimum Gasteiger partial charge on any atom is -0.395 e. The van der Waals surface area contributed by atoms with Gasteiger partial charge in [-0.2, -0.15) is 4.98 Å². The Bertz CT molecular complexity index is 455. The maximum absolute atomic E-state index is 9.06. The summed E-state index contributed by atoms with van der Waals surface area (Å²) in [6, 6.07) is 2.32. The van der Waals surface area contributed by atoms with E-state index in [4.69, 9.17) is 9.84 Å². The first kappa shape index (κ1) is 15.0. The highest BCUT2D eigenvalue weighted by Crippen LogP contribution is 2.25. The summed E-state index contributed by atoms with van der Waals surface area (Å²) in [7, 11) is 1.88. The molecule has 0 radical (unpaired) electrons. The Morgan fingerprint density at radius 3 is 2.60 bits per heavy atom. The zero-order valence-electron chi connectivity index (χ0n) is 12.7. The number of hydrogen-bond acceptors (Lipinski definition) is 6. The van der Waals surface area contributed by atoms with E-state index < -0.39 is 0 Å². The molecule has 2 heterocycles. The summed E-state index contributed by atoms with van der Waals surface area (Å²) in [5.74, 6) is 1.45. The Labute approximate surface area is 120 Å². The molecule has 1 aromatic rings. The fraction of sp³-hybridized carbons (Fsp3) is 0.714. The maximum atomic E-state index is 9.06. The maximum Gasteiger partial charge on any atom is 0.227 e. The van der Waals surface area contributed by atoms with E-state index in [0.717, 1.165) is 24.7 Å². The van der Waals surface area contributed by atoms with Crippen LogP contribution in [0.25, 0.3) is 0 Å². The van der Waals surface area contributed by atoms with Crippen LogP contribution in [0.2, 0.25) is 0 Å². The molecule has 0 atom stereocenters. The van der Waals surface area contributed by atoms with Gasteiger partial charge in [-0.05, 0) is 0 Å². The van der Waals surface area contributed by atoms with E-state index in [9.17, 15) is 0 Å². The molecule has 6 heteroatoms. The van der Waals surface area contributed by atoms with E-state index in [1.165, 1.54) is 0 Å². The van der Waals surface area contributed by atoms with Gasteiger partial charge >= 0.3 is 0 Å². The van der Waals surface area contributed by atoms with Gasteiger partial charge in [0.15, 0.2) is 0 Å². The Morgan fingerprint density at radius 2 is 2.10 bits per heavy atom. The zero-order valence-corrected chi connectivity index (χ0v) is 12.7. The number of nitrogens with one attached hydrogen (secondary N) is 1. The molecule has 0 amide bonds. The minimum atomic E-state index is -0.0513. The van der Waals surface area contributed by atoms with E-state index in [1.54, 1.807) is 0 Å². The van der Waals surface area contributed by atoms with Crippen molar-refractivity contribution in [1.82, 2.24) is 9.97 Å². The van der Waals surface area contributed by atoms with Gasteiger partial charge < -0.3 is 20.1 Å². The first-order valence-corrected chi connectivity index (χ1v) is 6.96. The standard InChI is InChI=1S/C14H24N4O2/c1-14(2,3)11-7-12(15-10-8-20-9-10)17-13(16-11)18(4)5-6-19/h7,10,19H,5-6,8-9H2,1-4H3,(H,15,16,17). The largest absolute Gasteiger partial charge is 0.395 e. The van der Waals surface area contributed by atoms with Gasteiger partial charge in [-0.1, -0.05) is 20.8 Å². The van der Waals surface area contributed by atoms with Crippen molar-refractivity contribution in [3.05, 3.63) is 11.8 Å². The third kappa shape index (κ3) is 3.58. The van der Waals surface area contributed by atoms with Crippen molar-refractivity contribution in [3.63, 3.8) is 0 Å². The molecule has 1 saturated heterocycles. The van der Waals surface area contributed by atoms with Crippen LogP contribution in [0.1, 0.15) is 26.5 Å². The Morgan fingerprint density at radius 1 is 1.40 bits per heavy atom. The molecule has 0 bridgehead atoms. The van der Waals surface area contributed by atoms with Crippen molar-refractivity contribution >= 4 is 11.8 Å². The number of aromatic nitrogens is 2. The highest BCUT2D eigenvalue weighted by molar-refractivity contribution is 5.45. The van der Waals surface area contributed by atoms with Crippen LogP contribution in [-0.4, -0.2) is 54.5 Å². The SMILES string of the molecule is CN(CCO)c1nc(NC2COC2)cc(C(C)(C)C)n1. The third-order valence-electron chi connectivity index (χ3n) is 3.25. The molecule has 20 heavy (non-hydrogen) atoms. The van der Waals surface area contributed by atoms with Crippen molar-refractivity contribution in [1.29, 1.82) is 0 Å². The summed E-state index contributed by atoms with van der Waals surface area (Å²) in [5, 5.41) is 12.4. The lowest BCUT2D eigenvalue weighted by atomic mass is 9.92. The second-order valence-corrected chi connectivity index (χ2v) is 6.21. The van der Waals surface area contributed by atoms with Crippen LogP contribution in [0.15, 0.2) is 6.07 Å². The quantitative estimate of drug-likeness (QED) is 0.839. The van der Waals surface area contributed by atoms with E-state index in [2.05, 4.69) is 36.1 Å². The van der Waals surface area contributed by atoms with Gasteiger partial charge in [0.05, 0.1) is 31.6 Å². The Hall–Kier alpha value is -1.40. The van der Waals surface area contributed by atoms with E-state index in [1.807, 2.05) is 18.0 Å². The van der Waals surface area contributed by atoms with Crippen molar-refractivity contribution in [2.45, 2.75) is 32.2 Å². The molecule has 2 N–H and O–H groups in total. The van der Waals surface area contributed by atoms with Crippen LogP contribution >= 0.6 is 0 Å². The number of likely N-dealkylation sites (N-methyl/N-ethyl adjacent to an activating group) is 1. The van der Waals surface area contributed by atoms with E-state index >= 15 is 0 Å². The van der Waals surface area contributed by atoms with Crippen LogP contribution in [-0.2, 0) is 10.2 Å². The number of nitrogens with zero attached hydrogens (tertiary/aromatic N) is 3. The average molecular weight is 280 g/mol. The molecular weight excluding hydrogens is 256 g/mol.